The van der Waals surface area contributed by atoms with Gasteiger partial charge in [-0.05, 0) is 36.6 Å². The van der Waals surface area contributed by atoms with Crippen LogP contribution in [0.4, 0.5) is 10.8 Å². The molecule has 9 heteroatoms. The molecule has 0 saturated heterocycles. The van der Waals surface area contributed by atoms with E-state index in [9.17, 15) is 4.79 Å². The Hall–Kier alpha value is -2.65. The zero-order valence-corrected chi connectivity index (χ0v) is 18.8. The Morgan fingerprint density at radius 1 is 1.20 bits per heavy atom. The highest BCUT2D eigenvalue weighted by Crippen LogP contribution is 2.35. The molecule has 2 heterocycles. The van der Waals surface area contributed by atoms with Gasteiger partial charge in [0.05, 0.1) is 17.5 Å². The van der Waals surface area contributed by atoms with Crippen molar-refractivity contribution in [2.24, 2.45) is 5.92 Å². The van der Waals surface area contributed by atoms with Crippen LogP contribution in [0.25, 0.3) is 0 Å². The summed E-state index contributed by atoms with van der Waals surface area (Å²) >= 11 is 2.85. The molecule has 0 radical (unpaired) electrons. The summed E-state index contributed by atoms with van der Waals surface area (Å²) in [6.45, 7) is 7.04. The highest BCUT2D eigenvalue weighted by atomic mass is 32.2. The van der Waals surface area contributed by atoms with Crippen LogP contribution in [0.2, 0.25) is 0 Å². The molecule has 0 aliphatic carbocycles. The molecule has 0 spiro atoms. The zero-order chi connectivity index (χ0) is 21.3. The lowest BCUT2D eigenvalue weighted by molar-refractivity contribution is -0.121. The summed E-state index contributed by atoms with van der Waals surface area (Å²) < 4.78 is 6.38. The smallest absolute Gasteiger partial charge is 0.234 e. The minimum Gasteiger partial charge on any atom is -0.492 e. The number of nitrogens with zero attached hydrogens (tertiary/aromatic N) is 3. The highest BCUT2D eigenvalue weighted by Gasteiger charge is 2.25. The van der Waals surface area contributed by atoms with Gasteiger partial charge in [-0.2, -0.15) is 0 Å². The number of thioether (sulfide) groups is 1. The van der Waals surface area contributed by atoms with Gasteiger partial charge in [0.2, 0.25) is 11.0 Å². The molecule has 1 unspecified atom stereocenters. The number of anilines is 2. The first kappa shape index (κ1) is 22.0. The number of ether oxygens (including phenoxy) is 1. The zero-order valence-electron chi connectivity index (χ0n) is 17.2. The molecule has 0 aliphatic heterocycles. The lowest BCUT2D eigenvalue weighted by Gasteiger charge is -2.18. The largest absolute Gasteiger partial charge is 0.492 e. The molecule has 1 amide bonds. The molecule has 3 rings (SSSR count). The number of nitrogens with one attached hydrogen (secondary N) is 2. The maximum Gasteiger partial charge on any atom is 0.234 e. The van der Waals surface area contributed by atoms with Crippen molar-refractivity contribution in [2.45, 2.75) is 36.9 Å². The van der Waals surface area contributed by atoms with Gasteiger partial charge >= 0.3 is 0 Å². The number of rotatable bonds is 10. The van der Waals surface area contributed by atoms with Crippen molar-refractivity contribution < 1.29 is 9.53 Å². The maximum atomic E-state index is 12.7. The third-order valence-electron chi connectivity index (χ3n) is 4.12. The van der Waals surface area contributed by atoms with Gasteiger partial charge in [0.15, 0.2) is 4.34 Å². The fourth-order valence-corrected chi connectivity index (χ4v) is 4.67. The molecule has 0 bridgehead atoms. The molecule has 1 atom stereocenters. The first-order valence-electron chi connectivity index (χ1n) is 9.72. The Bertz CT molecular complexity index is 949. The molecule has 158 valence electrons. The van der Waals surface area contributed by atoms with Crippen LogP contribution in [0.1, 0.15) is 26.3 Å². The van der Waals surface area contributed by atoms with E-state index < -0.39 is 0 Å². The predicted octanol–water partition coefficient (Wildman–Crippen LogP) is 4.51. The Morgan fingerprint density at radius 3 is 2.77 bits per heavy atom. The van der Waals surface area contributed by atoms with Gasteiger partial charge in [-0.1, -0.05) is 55.1 Å². The molecule has 3 aromatic rings. The van der Waals surface area contributed by atoms with E-state index in [1.807, 2.05) is 57.2 Å². The van der Waals surface area contributed by atoms with Crippen molar-refractivity contribution in [3.63, 3.8) is 0 Å². The average molecular weight is 444 g/mol. The van der Waals surface area contributed by atoms with Gasteiger partial charge in [-0.15, -0.1) is 10.2 Å². The van der Waals surface area contributed by atoms with Gasteiger partial charge < -0.3 is 15.4 Å². The van der Waals surface area contributed by atoms with Crippen molar-refractivity contribution >= 4 is 39.8 Å². The Balaban J connectivity index is 1.63. The number of para-hydroxylation sites is 2. The van der Waals surface area contributed by atoms with Crippen LogP contribution < -0.4 is 15.4 Å². The highest BCUT2D eigenvalue weighted by molar-refractivity contribution is 8.02. The number of carbonyl (C=O) groups excluding carboxylic acids is 1. The van der Waals surface area contributed by atoms with E-state index in [-0.39, 0.29) is 17.1 Å². The van der Waals surface area contributed by atoms with Crippen LogP contribution in [0.15, 0.2) is 53.1 Å². The Morgan fingerprint density at radius 2 is 2.03 bits per heavy atom. The lowest BCUT2D eigenvalue weighted by atomic mass is 10.1. The van der Waals surface area contributed by atoms with E-state index in [1.54, 1.807) is 12.4 Å². The fourth-order valence-electron chi connectivity index (χ4n) is 2.67. The lowest BCUT2D eigenvalue weighted by Crippen LogP contribution is -2.35. The number of pyridine rings is 1. The summed E-state index contributed by atoms with van der Waals surface area (Å²) in [7, 11) is 0. The van der Waals surface area contributed by atoms with E-state index in [1.165, 1.54) is 23.1 Å². The van der Waals surface area contributed by atoms with Crippen molar-refractivity contribution in [3.8, 4) is 5.75 Å². The van der Waals surface area contributed by atoms with Gasteiger partial charge in [-0.25, -0.2) is 0 Å². The minimum absolute atomic E-state index is 0.0229. The summed E-state index contributed by atoms with van der Waals surface area (Å²) in [6, 6.07) is 11.5. The molecular weight excluding hydrogens is 418 g/mol. The first-order valence-corrected chi connectivity index (χ1v) is 11.4. The standard InChI is InChI=1S/C21H25N5O2S2/c1-4-28-17-10-6-5-9-16(17)24-20-25-26-21(30-20)29-18(14(2)3)19(27)23-13-15-8-7-11-22-12-15/h5-12,14,18H,4,13H2,1-3H3,(H,23,27)(H,24,25). The predicted molar refractivity (Wildman–Crippen MR) is 121 cm³/mol. The third kappa shape index (κ3) is 6.17. The number of amides is 1. The van der Waals surface area contributed by atoms with Crippen molar-refractivity contribution in [1.29, 1.82) is 0 Å². The summed E-state index contributed by atoms with van der Waals surface area (Å²) in [4.78, 5) is 16.8. The fraction of sp³-hybridized carbons (Fsp3) is 0.333. The Labute approximate surface area is 184 Å². The van der Waals surface area contributed by atoms with Crippen molar-refractivity contribution in [1.82, 2.24) is 20.5 Å². The molecular formula is C21H25N5O2S2. The van der Waals surface area contributed by atoms with Crippen LogP contribution in [0.5, 0.6) is 5.75 Å². The number of hydrogen-bond acceptors (Lipinski definition) is 8. The number of aromatic nitrogens is 3. The summed E-state index contributed by atoms with van der Waals surface area (Å²) in [5, 5.41) is 15.1. The third-order valence-corrected chi connectivity index (χ3v) is 6.58. The quantitative estimate of drug-likeness (QED) is 0.446. The van der Waals surface area contributed by atoms with E-state index in [0.29, 0.717) is 18.3 Å². The van der Waals surface area contributed by atoms with E-state index in [0.717, 1.165) is 21.3 Å². The van der Waals surface area contributed by atoms with Gasteiger partial charge in [0.1, 0.15) is 5.75 Å². The SMILES string of the molecule is CCOc1ccccc1Nc1nnc(SC(C(=O)NCc2cccnc2)C(C)C)s1. The van der Waals surface area contributed by atoms with E-state index in [2.05, 4.69) is 25.8 Å². The number of hydrogen-bond donors (Lipinski definition) is 2. The van der Waals surface area contributed by atoms with Crippen LogP contribution in [0.3, 0.4) is 0 Å². The summed E-state index contributed by atoms with van der Waals surface area (Å²) in [5.41, 5.74) is 1.80. The van der Waals surface area contributed by atoms with E-state index >= 15 is 0 Å². The minimum atomic E-state index is -0.266. The Kier molecular flexibility index (Phi) is 8.04. The number of carbonyl (C=O) groups is 1. The molecule has 1 aromatic carbocycles. The molecule has 30 heavy (non-hydrogen) atoms. The second kappa shape index (κ2) is 10.9. The molecule has 0 fully saturated rings. The monoisotopic (exact) mass is 443 g/mol. The second-order valence-electron chi connectivity index (χ2n) is 6.79. The summed E-state index contributed by atoms with van der Waals surface area (Å²) in [5.74, 6) is 0.882. The van der Waals surface area contributed by atoms with E-state index in [4.69, 9.17) is 4.74 Å². The average Bonchev–Trinajstić information content (AvgIpc) is 3.19. The van der Waals surface area contributed by atoms with Crippen LogP contribution in [0, 0.1) is 5.92 Å². The molecule has 2 N–H and O–H groups in total. The maximum absolute atomic E-state index is 12.7. The van der Waals surface area contributed by atoms with Gasteiger partial charge in [-0.3, -0.25) is 9.78 Å². The molecule has 2 aromatic heterocycles. The first-order chi connectivity index (χ1) is 14.6. The number of benzene rings is 1. The van der Waals surface area contributed by atoms with Gasteiger partial charge in [0.25, 0.3) is 0 Å². The van der Waals surface area contributed by atoms with Crippen LogP contribution in [-0.4, -0.2) is 32.9 Å². The second-order valence-corrected chi connectivity index (χ2v) is 9.16. The molecule has 7 nitrogen and oxygen atoms in total. The normalized spacial score (nSPS) is 11.9. The molecule has 0 aliphatic rings. The van der Waals surface area contributed by atoms with Crippen molar-refractivity contribution in [3.05, 3.63) is 54.4 Å². The van der Waals surface area contributed by atoms with Crippen molar-refractivity contribution in [2.75, 3.05) is 11.9 Å². The topological polar surface area (TPSA) is 89.0 Å². The van der Waals surface area contributed by atoms with Gasteiger partial charge in [0, 0.05) is 18.9 Å². The van der Waals surface area contributed by atoms with Crippen LogP contribution >= 0.6 is 23.1 Å². The van der Waals surface area contributed by atoms with Crippen LogP contribution in [-0.2, 0) is 11.3 Å². The summed E-state index contributed by atoms with van der Waals surface area (Å²) in [6.07, 6.45) is 3.46. The molecule has 0 saturated carbocycles.